The van der Waals surface area contributed by atoms with Crippen LogP contribution < -0.4 is 5.73 Å². The Hall–Kier alpha value is -0.650. The first-order valence-corrected chi connectivity index (χ1v) is 6.26. The summed E-state index contributed by atoms with van der Waals surface area (Å²) in [4.78, 5) is 13.6. The van der Waals surface area contributed by atoms with E-state index in [2.05, 4.69) is 0 Å². The number of nitrogens with zero attached hydrogens (tertiary/aromatic N) is 1. The van der Waals surface area contributed by atoms with E-state index in [0.717, 1.165) is 25.9 Å². The molecule has 0 radical (unpaired) electrons. The molecule has 5 nitrogen and oxygen atoms in total. The minimum absolute atomic E-state index is 0.00315. The van der Waals surface area contributed by atoms with E-state index in [9.17, 15) is 4.79 Å². The first-order valence-electron chi connectivity index (χ1n) is 6.26. The third kappa shape index (κ3) is 5.02. The summed E-state index contributed by atoms with van der Waals surface area (Å²) < 4.78 is 10.4. The smallest absolute Gasteiger partial charge is 0.239 e. The fourth-order valence-electron chi connectivity index (χ4n) is 2.04. The first-order chi connectivity index (χ1) is 8.15. The van der Waals surface area contributed by atoms with Gasteiger partial charge >= 0.3 is 0 Å². The fraction of sp³-hybridized carbons (Fsp3) is 0.917. The van der Waals surface area contributed by atoms with Gasteiger partial charge in [-0.3, -0.25) is 4.79 Å². The van der Waals surface area contributed by atoms with Crippen molar-refractivity contribution >= 4 is 5.91 Å². The van der Waals surface area contributed by atoms with Gasteiger partial charge < -0.3 is 20.1 Å². The molecule has 1 heterocycles. The van der Waals surface area contributed by atoms with Crippen molar-refractivity contribution in [3.05, 3.63) is 0 Å². The molecule has 1 aliphatic heterocycles. The van der Waals surface area contributed by atoms with E-state index in [1.807, 2.05) is 0 Å². The second-order valence-electron chi connectivity index (χ2n) is 4.60. The molecule has 0 saturated carbocycles. The molecule has 1 aliphatic rings. The molecule has 0 spiro atoms. The minimum atomic E-state index is -0.420. The zero-order chi connectivity index (χ0) is 12.7. The molecule has 1 amide bonds. The number of ether oxygens (including phenoxy) is 2. The summed E-state index contributed by atoms with van der Waals surface area (Å²) in [5.41, 5.74) is 5.85. The predicted octanol–water partition coefficient (Wildman–Crippen LogP) is 0.378. The van der Waals surface area contributed by atoms with Crippen molar-refractivity contribution in [1.82, 2.24) is 4.90 Å². The summed E-state index contributed by atoms with van der Waals surface area (Å²) in [5, 5.41) is 0. The van der Waals surface area contributed by atoms with Crippen molar-refractivity contribution in [1.29, 1.82) is 0 Å². The number of carbonyl (C=O) groups is 1. The Kier molecular flexibility index (Phi) is 6.47. The monoisotopic (exact) mass is 244 g/mol. The number of amides is 1. The summed E-state index contributed by atoms with van der Waals surface area (Å²) in [5.74, 6) is -0.00315. The molecule has 0 aliphatic carbocycles. The van der Waals surface area contributed by atoms with E-state index in [1.165, 1.54) is 0 Å². The Labute approximate surface area is 103 Å². The second-order valence-corrected chi connectivity index (χ2v) is 4.60. The summed E-state index contributed by atoms with van der Waals surface area (Å²) in [6, 6.07) is -0.420. The maximum Gasteiger partial charge on any atom is 0.239 e. The lowest BCUT2D eigenvalue weighted by Gasteiger charge is -2.23. The molecule has 2 unspecified atom stereocenters. The highest BCUT2D eigenvalue weighted by atomic mass is 16.5. The standard InChI is InChI=1S/C12H24N2O3/c1-14(9-10-5-3-8-17-10)12(15)11(13)6-4-7-16-2/h10-11H,3-9,13H2,1-2H3. The van der Waals surface area contributed by atoms with Crippen LogP contribution in [0.25, 0.3) is 0 Å². The van der Waals surface area contributed by atoms with Gasteiger partial charge in [0, 0.05) is 33.9 Å². The highest BCUT2D eigenvalue weighted by Gasteiger charge is 2.23. The van der Waals surface area contributed by atoms with E-state index >= 15 is 0 Å². The lowest BCUT2D eigenvalue weighted by atomic mass is 10.1. The van der Waals surface area contributed by atoms with Gasteiger partial charge in [0.25, 0.3) is 0 Å². The molecule has 2 atom stereocenters. The molecule has 0 aromatic carbocycles. The number of methoxy groups -OCH3 is 1. The lowest BCUT2D eigenvalue weighted by molar-refractivity contribution is -0.132. The Morgan fingerprint density at radius 1 is 1.65 bits per heavy atom. The molecular weight excluding hydrogens is 220 g/mol. The van der Waals surface area contributed by atoms with Crippen molar-refractivity contribution in [2.75, 3.05) is 33.9 Å². The third-order valence-corrected chi connectivity index (χ3v) is 3.06. The second kappa shape index (κ2) is 7.63. The molecule has 5 heteroatoms. The van der Waals surface area contributed by atoms with Gasteiger partial charge in [0.15, 0.2) is 0 Å². The molecule has 0 aromatic rings. The van der Waals surface area contributed by atoms with Crippen molar-refractivity contribution in [3.8, 4) is 0 Å². The predicted molar refractivity (Wildman–Crippen MR) is 65.7 cm³/mol. The van der Waals surface area contributed by atoms with E-state index in [4.69, 9.17) is 15.2 Å². The molecular formula is C12H24N2O3. The van der Waals surface area contributed by atoms with E-state index in [-0.39, 0.29) is 12.0 Å². The first kappa shape index (κ1) is 14.4. The van der Waals surface area contributed by atoms with Crippen molar-refractivity contribution in [3.63, 3.8) is 0 Å². The highest BCUT2D eigenvalue weighted by Crippen LogP contribution is 2.13. The largest absolute Gasteiger partial charge is 0.385 e. The van der Waals surface area contributed by atoms with Crippen LogP contribution in [0, 0.1) is 0 Å². The van der Waals surface area contributed by atoms with Gasteiger partial charge in [0.2, 0.25) is 5.91 Å². The lowest BCUT2D eigenvalue weighted by Crippen LogP contribution is -2.44. The van der Waals surface area contributed by atoms with Crippen LogP contribution in [0.2, 0.25) is 0 Å². The Morgan fingerprint density at radius 3 is 3.00 bits per heavy atom. The van der Waals surface area contributed by atoms with Crippen LogP contribution in [0.1, 0.15) is 25.7 Å². The quantitative estimate of drug-likeness (QED) is 0.657. The zero-order valence-electron chi connectivity index (χ0n) is 10.9. The Balaban J connectivity index is 2.24. The fourth-order valence-corrected chi connectivity index (χ4v) is 2.04. The van der Waals surface area contributed by atoms with Crippen LogP contribution in [-0.2, 0) is 14.3 Å². The SMILES string of the molecule is COCCCC(N)C(=O)N(C)CC1CCCO1. The Bertz CT molecular complexity index is 230. The summed E-state index contributed by atoms with van der Waals surface area (Å²) in [6.45, 7) is 2.11. The van der Waals surface area contributed by atoms with Crippen LogP contribution in [-0.4, -0.2) is 56.9 Å². The maximum absolute atomic E-state index is 11.9. The van der Waals surface area contributed by atoms with Gasteiger partial charge in [0.05, 0.1) is 12.1 Å². The van der Waals surface area contributed by atoms with Crippen LogP contribution in [0.15, 0.2) is 0 Å². The van der Waals surface area contributed by atoms with E-state index in [0.29, 0.717) is 19.6 Å². The van der Waals surface area contributed by atoms with Gasteiger partial charge in [0.1, 0.15) is 0 Å². The van der Waals surface area contributed by atoms with Crippen LogP contribution in [0.3, 0.4) is 0 Å². The molecule has 1 rings (SSSR count). The number of carbonyl (C=O) groups excluding carboxylic acids is 1. The number of hydrogen-bond acceptors (Lipinski definition) is 4. The average molecular weight is 244 g/mol. The average Bonchev–Trinajstić information content (AvgIpc) is 2.81. The zero-order valence-corrected chi connectivity index (χ0v) is 10.9. The van der Waals surface area contributed by atoms with Crippen molar-refractivity contribution in [2.24, 2.45) is 5.73 Å². The van der Waals surface area contributed by atoms with Gasteiger partial charge in [-0.25, -0.2) is 0 Å². The van der Waals surface area contributed by atoms with Crippen LogP contribution in [0.4, 0.5) is 0 Å². The summed E-state index contributed by atoms with van der Waals surface area (Å²) in [7, 11) is 3.44. The van der Waals surface area contributed by atoms with Crippen LogP contribution >= 0.6 is 0 Å². The molecule has 1 saturated heterocycles. The van der Waals surface area contributed by atoms with Gasteiger partial charge in [-0.2, -0.15) is 0 Å². The highest BCUT2D eigenvalue weighted by molar-refractivity contribution is 5.81. The molecule has 2 N–H and O–H groups in total. The molecule has 17 heavy (non-hydrogen) atoms. The minimum Gasteiger partial charge on any atom is -0.385 e. The summed E-state index contributed by atoms with van der Waals surface area (Å²) in [6.07, 6.45) is 3.80. The summed E-state index contributed by atoms with van der Waals surface area (Å²) >= 11 is 0. The normalized spacial score (nSPS) is 21.5. The van der Waals surface area contributed by atoms with E-state index in [1.54, 1.807) is 19.1 Å². The maximum atomic E-state index is 11.9. The number of likely N-dealkylation sites (N-methyl/N-ethyl adjacent to an activating group) is 1. The number of hydrogen-bond donors (Lipinski definition) is 1. The van der Waals surface area contributed by atoms with Gasteiger partial charge in [-0.1, -0.05) is 0 Å². The molecule has 0 aromatic heterocycles. The third-order valence-electron chi connectivity index (χ3n) is 3.06. The molecule has 0 bridgehead atoms. The van der Waals surface area contributed by atoms with Crippen molar-refractivity contribution in [2.45, 2.75) is 37.8 Å². The number of rotatable bonds is 7. The van der Waals surface area contributed by atoms with Crippen LogP contribution in [0.5, 0.6) is 0 Å². The van der Waals surface area contributed by atoms with Gasteiger partial charge in [-0.15, -0.1) is 0 Å². The molecule has 1 fully saturated rings. The van der Waals surface area contributed by atoms with E-state index < -0.39 is 6.04 Å². The van der Waals surface area contributed by atoms with Crippen molar-refractivity contribution < 1.29 is 14.3 Å². The Morgan fingerprint density at radius 2 is 2.41 bits per heavy atom. The topological polar surface area (TPSA) is 64.8 Å². The van der Waals surface area contributed by atoms with Gasteiger partial charge in [-0.05, 0) is 25.7 Å². The molecule has 100 valence electrons. The number of nitrogens with two attached hydrogens (primary N) is 1.